The van der Waals surface area contributed by atoms with Crippen LogP contribution in [-0.4, -0.2) is 24.6 Å². The van der Waals surface area contributed by atoms with Gasteiger partial charge in [-0.1, -0.05) is 6.07 Å². The van der Waals surface area contributed by atoms with E-state index in [1.165, 1.54) is 17.0 Å². The molecule has 1 saturated heterocycles. The van der Waals surface area contributed by atoms with Crippen molar-refractivity contribution in [2.75, 3.05) is 17.3 Å². The molecule has 1 aliphatic rings. The first kappa shape index (κ1) is 10.2. The van der Waals surface area contributed by atoms with Gasteiger partial charge in [0.15, 0.2) is 0 Å². The van der Waals surface area contributed by atoms with Gasteiger partial charge in [-0.2, -0.15) is 0 Å². The number of hydrogen-bond acceptors (Lipinski definition) is 2. The molecule has 1 aromatic rings. The molecule has 80 valence electrons. The number of amides is 1. The Morgan fingerprint density at radius 1 is 1.60 bits per heavy atom. The van der Waals surface area contributed by atoms with Crippen molar-refractivity contribution >= 4 is 23.4 Å². The molecule has 1 aliphatic heterocycles. The van der Waals surface area contributed by atoms with Gasteiger partial charge in [0.2, 0.25) is 0 Å². The molecule has 1 amide bonds. The van der Waals surface area contributed by atoms with Crippen LogP contribution in [0.3, 0.4) is 0 Å². The first-order valence-corrected chi connectivity index (χ1v) is 5.04. The Labute approximate surface area is 91.4 Å². The van der Waals surface area contributed by atoms with Crippen LogP contribution in [0.4, 0.5) is 14.9 Å². The molecule has 0 bridgehead atoms. The molecule has 0 aliphatic carbocycles. The molecule has 3 nitrogen and oxygen atoms in total. The number of anilines is 1. The molecule has 1 aromatic carbocycles. The molecule has 1 heterocycles. The van der Waals surface area contributed by atoms with Gasteiger partial charge in [0.1, 0.15) is 11.9 Å². The van der Waals surface area contributed by atoms with Crippen molar-refractivity contribution in [1.29, 1.82) is 0 Å². The standard InChI is InChI=1S/C10H9ClFNO2/c11-5-9-6-13(10(14)15-9)8-3-1-2-7(12)4-8/h1-4,9H,5-6H2/t9-/m0/s1. The van der Waals surface area contributed by atoms with E-state index >= 15 is 0 Å². The van der Waals surface area contributed by atoms with Crippen LogP contribution in [0.1, 0.15) is 0 Å². The molecule has 0 aromatic heterocycles. The second kappa shape index (κ2) is 4.06. The Morgan fingerprint density at radius 3 is 3.00 bits per heavy atom. The number of rotatable bonds is 2. The van der Waals surface area contributed by atoms with Crippen molar-refractivity contribution in [3.8, 4) is 0 Å². The van der Waals surface area contributed by atoms with Crippen LogP contribution in [0.5, 0.6) is 0 Å². The fourth-order valence-corrected chi connectivity index (χ4v) is 1.62. The second-order valence-corrected chi connectivity index (χ2v) is 3.56. The van der Waals surface area contributed by atoms with Crippen molar-refractivity contribution in [3.05, 3.63) is 30.1 Å². The van der Waals surface area contributed by atoms with Crippen LogP contribution in [0.2, 0.25) is 0 Å². The summed E-state index contributed by atoms with van der Waals surface area (Å²) in [5.41, 5.74) is 0.493. The summed E-state index contributed by atoms with van der Waals surface area (Å²) in [5, 5.41) is 0. The average Bonchev–Trinajstić information content (AvgIpc) is 2.60. The highest BCUT2D eigenvalue weighted by molar-refractivity contribution is 6.18. The zero-order valence-electron chi connectivity index (χ0n) is 7.82. The lowest BCUT2D eigenvalue weighted by molar-refractivity contribution is 0.151. The number of alkyl halides is 1. The fourth-order valence-electron chi connectivity index (χ4n) is 1.46. The number of carbonyl (C=O) groups is 1. The maximum atomic E-state index is 12.9. The zero-order chi connectivity index (χ0) is 10.8. The van der Waals surface area contributed by atoms with Gasteiger partial charge < -0.3 is 4.74 Å². The maximum absolute atomic E-state index is 12.9. The summed E-state index contributed by atoms with van der Waals surface area (Å²) in [7, 11) is 0. The van der Waals surface area contributed by atoms with Crippen LogP contribution in [0.15, 0.2) is 24.3 Å². The predicted octanol–water partition coefficient (Wildman–Crippen LogP) is 2.39. The molecule has 0 saturated carbocycles. The maximum Gasteiger partial charge on any atom is 0.414 e. The van der Waals surface area contributed by atoms with Gasteiger partial charge in [0.05, 0.1) is 18.1 Å². The summed E-state index contributed by atoms with van der Waals surface area (Å²) in [4.78, 5) is 12.7. The monoisotopic (exact) mass is 229 g/mol. The molecular formula is C10H9ClFNO2. The van der Waals surface area contributed by atoms with E-state index < -0.39 is 6.09 Å². The van der Waals surface area contributed by atoms with Gasteiger partial charge in [-0.25, -0.2) is 9.18 Å². The van der Waals surface area contributed by atoms with E-state index in [1.54, 1.807) is 12.1 Å². The minimum atomic E-state index is -0.480. The van der Waals surface area contributed by atoms with Crippen molar-refractivity contribution in [2.45, 2.75) is 6.10 Å². The first-order chi connectivity index (χ1) is 7.20. The van der Waals surface area contributed by atoms with Gasteiger partial charge in [0.25, 0.3) is 0 Å². The molecule has 0 N–H and O–H groups in total. The summed E-state index contributed by atoms with van der Waals surface area (Å²) >= 11 is 5.58. The van der Waals surface area contributed by atoms with Crippen molar-refractivity contribution in [3.63, 3.8) is 0 Å². The Morgan fingerprint density at radius 2 is 2.40 bits per heavy atom. The van der Waals surface area contributed by atoms with E-state index in [0.29, 0.717) is 12.2 Å². The van der Waals surface area contributed by atoms with Gasteiger partial charge in [-0.15, -0.1) is 11.6 Å². The summed E-state index contributed by atoms with van der Waals surface area (Å²) < 4.78 is 17.9. The van der Waals surface area contributed by atoms with E-state index in [9.17, 15) is 9.18 Å². The SMILES string of the molecule is O=C1O[C@@H](CCl)CN1c1cccc(F)c1. The fraction of sp³-hybridized carbons (Fsp3) is 0.300. The lowest BCUT2D eigenvalue weighted by atomic mass is 10.3. The molecular weight excluding hydrogens is 221 g/mol. The highest BCUT2D eigenvalue weighted by Gasteiger charge is 2.31. The number of nitrogens with zero attached hydrogens (tertiary/aromatic N) is 1. The van der Waals surface area contributed by atoms with E-state index in [-0.39, 0.29) is 17.8 Å². The van der Waals surface area contributed by atoms with E-state index in [0.717, 1.165) is 0 Å². The summed E-state index contributed by atoms with van der Waals surface area (Å²) in [6.07, 6.45) is -0.798. The smallest absolute Gasteiger partial charge is 0.414 e. The van der Waals surface area contributed by atoms with E-state index in [1.807, 2.05) is 0 Å². The lowest BCUT2D eigenvalue weighted by Gasteiger charge is -2.12. The van der Waals surface area contributed by atoms with Crippen LogP contribution in [-0.2, 0) is 4.74 Å². The van der Waals surface area contributed by atoms with Crippen LogP contribution >= 0.6 is 11.6 Å². The molecule has 0 spiro atoms. The minimum absolute atomic E-state index is 0.248. The number of benzene rings is 1. The molecule has 2 rings (SSSR count). The Balaban J connectivity index is 2.21. The molecule has 0 unspecified atom stereocenters. The number of cyclic esters (lactones) is 1. The van der Waals surface area contributed by atoms with Crippen LogP contribution in [0.25, 0.3) is 0 Å². The third-order valence-electron chi connectivity index (χ3n) is 2.17. The molecule has 0 radical (unpaired) electrons. The second-order valence-electron chi connectivity index (χ2n) is 3.25. The Hall–Kier alpha value is -1.29. The first-order valence-electron chi connectivity index (χ1n) is 4.50. The van der Waals surface area contributed by atoms with E-state index in [2.05, 4.69) is 0 Å². The third-order valence-corrected chi connectivity index (χ3v) is 2.51. The quantitative estimate of drug-likeness (QED) is 0.729. The van der Waals surface area contributed by atoms with E-state index in [4.69, 9.17) is 16.3 Å². The molecule has 5 heteroatoms. The normalized spacial score (nSPS) is 20.5. The topological polar surface area (TPSA) is 29.5 Å². The largest absolute Gasteiger partial charge is 0.443 e. The highest BCUT2D eigenvalue weighted by Crippen LogP contribution is 2.22. The third kappa shape index (κ3) is 2.04. The zero-order valence-corrected chi connectivity index (χ0v) is 8.58. The predicted molar refractivity (Wildman–Crippen MR) is 54.7 cm³/mol. The average molecular weight is 230 g/mol. The van der Waals surface area contributed by atoms with Crippen LogP contribution in [0, 0.1) is 5.82 Å². The number of halogens is 2. The van der Waals surface area contributed by atoms with Gasteiger partial charge in [0, 0.05) is 0 Å². The highest BCUT2D eigenvalue weighted by atomic mass is 35.5. The van der Waals surface area contributed by atoms with Gasteiger partial charge in [-0.3, -0.25) is 4.90 Å². The van der Waals surface area contributed by atoms with Crippen molar-refractivity contribution in [1.82, 2.24) is 0 Å². The van der Waals surface area contributed by atoms with Gasteiger partial charge >= 0.3 is 6.09 Å². The minimum Gasteiger partial charge on any atom is -0.443 e. The molecule has 1 atom stereocenters. The number of carbonyl (C=O) groups excluding carboxylic acids is 1. The molecule has 1 fully saturated rings. The molecule has 15 heavy (non-hydrogen) atoms. The van der Waals surface area contributed by atoms with Crippen molar-refractivity contribution < 1.29 is 13.9 Å². The number of ether oxygens (including phenoxy) is 1. The summed E-state index contributed by atoms with van der Waals surface area (Å²) in [6.45, 7) is 0.367. The summed E-state index contributed by atoms with van der Waals surface area (Å²) in [6, 6.07) is 5.81. The lowest BCUT2D eigenvalue weighted by Crippen LogP contribution is -2.24. The summed E-state index contributed by atoms with van der Waals surface area (Å²) in [5.74, 6) is -0.132. The Bertz CT molecular complexity index is 385. The van der Waals surface area contributed by atoms with Gasteiger partial charge in [-0.05, 0) is 18.2 Å². The number of hydrogen-bond donors (Lipinski definition) is 0. The Kier molecular flexibility index (Phi) is 2.77. The van der Waals surface area contributed by atoms with Crippen molar-refractivity contribution in [2.24, 2.45) is 0 Å². The van der Waals surface area contributed by atoms with Crippen LogP contribution < -0.4 is 4.90 Å².